The third kappa shape index (κ3) is 3.80. The van der Waals surface area contributed by atoms with Crippen LogP contribution in [0.1, 0.15) is 31.0 Å². The average Bonchev–Trinajstić information content (AvgIpc) is 3.63. The van der Waals surface area contributed by atoms with Gasteiger partial charge in [0.25, 0.3) is 0 Å². The van der Waals surface area contributed by atoms with Gasteiger partial charge in [-0.05, 0) is 25.8 Å². The van der Waals surface area contributed by atoms with E-state index in [0.717, 1.165) is 11.0 Å². The molecule has 35 heavy (non-hydrogen) atoms. The highest BCUT2D eigenvalue weighted by Crippen LogP contribution is 2.49. The van der Waals surface area contributed by atoms with Gasteiger partial charge in [-0.15, -0.1) is 0 Å². The lowest BCUT2D eigenvalue weighted by molar-refractivity contribution is 0.247. The maximum Gasteiger partial charge on any atom is 0.330 e. The summed E-state index contributed by atoms with van der Waals surface area (Å²) in [5.41, 5.74) is 6.63. The first-order chi connectivity index (χ1) is 16.7. The van der Waals surface area contributed by atoms with Crippen molar-refractivity contribution < 1.29 is 23.0 Å². The summed E-state index contributed by atoms with van der Waals surface area (Å²) in [5, 5.41) is 9.92. The quantitative estimate of drug-likeness (QED) is 0.627. The molecule has 0 spiro atoms. The Balaban J connectivity index is 1.93. The Labute approximate surface area is 201 Å². The third-order valence-corrected chi connectivity index (χ3v) is 6.09. The van der Waals surface area contributed by atoms with Crippen LogP contribution in [0, 0.1) is 23.0 Å². The molecule has 4 rings (SSSR count). The number of nitriles is 1. The van der Waals surface area contributed by atoms with Crippen molar-refractivity contribution in [2.75, 3.05) is 31.1 Å². The molecule has 1 aromatic carbocycles. The number of allylic oxidation sites excluding steroid dienone is 2. The van der Waals surface area contributed by atoms with E-state index < -0.39 is 28.9 Å². The number of aromatic nitrogens is 1. The average molecular weight is 482 g/mol. The zero-order valence-corrected chi connectivity index (χ0v) is 19.7. The van der Waals surface area contributed by atoms with Crippen molar-refractivity contribution >= 4 is 29.2 Å². The molecule has 2 heterocycles. The first kappa shape index (κ1) is 23.9. The molecule has 0 bridgehead atoms. The summed E-state index contributed by atoms with van der Waals surface area (Å²) in [5.74, 6) is -2.69. The molecule has 0 saturated heterocycles. The van der Waals surface area contributed by atoms with E-state index in [9.17, 15) is 10.1 Å². The maximum atomic E-state index is 15.3. The second-order valence-corrected chi connectivity index (χ2v) is 8.29. The maximum absolute atomic E-state index is 15.3. The SMILES string of the molecule is CN=CC(=C(C)N)c1cc2c(cn1)CN(c1c(F)c(OC)cc(OC)c1F)C(=O)N2C1(C#N)CC1. The highest BCUT2D eigenvalue weighted by atomic mass is 19.1. The van der Waals surface area contributed by atoms with Gasteiger partial charge in [-0.25, -0.2) is 13.6 Å². The fourth-order valence-electron chi connectivity index (χ4n) is 4.11. The molecule has 0 radical (unpaired) electrons. The van der Waals surface area contributed by atoms with E-state index in [0.29, 0.717) is 41.1 Å². The molecule has 182 valence electrons. The van der Waals surface area contributed by atoms with Gasteiger partial charge in [0.15, 0.2) is 23.1 Å². The normalized spacial score (nSPS) is 17.1. The van der Waals surface area contributed by atoms with Crippen LogP contribution in [0.4, 0.5) is 25.0 Å². The van der Waals surface area contributed by atoms with E-state index in [-0.39, 0.29) is 18.0 Å². The van der Waals surface area contributed by atoms with Crippen molar-refractivity contribution in [1.29, 1.82) is 5.26 Å². The lowest BCUT2D eigenvalue weighted by Crippen LogP contribution is -2.53. The fourth-order valence-corrected chi connectivity index (χ4v) is 4.11. The number of hydrogen-bond acceptors (Lipinski definition) is 7. The van der Waals surface area contributed by atoms with Crippen LogP contribution in [0.5, 0.6) is 11.5 Å². The number of anilines is 2. The summed E-state index contributed by atoms with van der Waals surface area (Å²) in [6, 6.07) is 4.16. The van der Waals surface area contributed by atoms with Crippen LogP contribution >= 0.6 is 0 Å². The van der Waals surface area contributed by atoms with Crippen LogP contribution in [-0.4, -0.2) is 44.0 Å². The van der Waals surface area contributed by atoms with Crippen LogP contribution in [0.15, 0.2) is 29.0 Å². The number of pyridine rings is 1. The lowest BCUT2D eigenvalue weighted by Gasteiger charge is -2.39. The largest absolute Gasteiger partial charge is 0.493 e. The monoisotopic (exact) mass is 482 g/mol. The number of nitrogens with two attached hydrogens (primary N) is 1. The second-order valence-electron chi connectivity index (χ2n) is 8.29. The molecule has 1 aliphatic carbocycles. The van der Waals surface area contributed by atoms with Crippen LogP contribution in [0.25, 0.3) is 5.57 Å². The lowest BCUT2D eigenvalue weighted by atomic mass is 10.0. The number of nitrogens with zero attached hydrogens (tertiary/aromatic N) is 5. The van der Waals surface area contributed by atoms with Crippen LogP contribution < -0.4 is 25.0 Å². The van der Waals surface area contributed by atoms with E-state index in [2.05, 4.69) is 16.0 Å². The van der Waals surface area contributed by atoms with Gasteiger partial charge in [-0.3, -0.25) is 19.8 Å². The molecule has 11 heteroatoms. The third-order valence-electron chi connectivity index (χ3n) is 6.09. The number of hydrogen-bond donors (Lipinski definition) is 1. The Morgan fingerprint density at radius 2 is 1.89 bits per heavy atom. The standard InChI is InChI=1S/C24H24F2N6O3/c1-13(28)15(10-29-2)16-7-17-14(9-30-16)11-31(23(33)32(17)24(12-27)5-6-24)22-20(25)18(34-3)8-19(35-4)21(22)26/h7-10H,5-6,11,28H2,1-4H3. The molecule has 2 aliphatic rings. The Hall–Kier alpha value is -4.20. The van der Waals surface area contributed by atoms with Gasteiger partial charge in [0.2, 0.25) is 0 Å². The van der Waals surface area contributed by atoms with Gasteiger partial charge in [0.05, 0.1) is 38.2 Å². The van der Waals surface area contributed by atoms with Gasteiger partial charge in [-0.2, -0.15) is 5.26 Å². The van der Waals surface area contributed by atoms with Gasteiger partial charge >= 0.3 is 6.03 Å². The molecule has 1 aliphatic heterocycles. The van der Waals surface area contributed by atoms with Crippen LogP contribution in [0.3, 0.4) is 0 Å². The summed E-state index contributed by atoms with van der Waals surface area (Å²) >= 11 is 0. The van der Waals surface area contributed by atoms with E-state index in [1.807, 2.05) is 0 Å². The number of methoxy groups -OCH3 is 2. The van der Waals surface area contributed by atoms with Crippen LogP contribution in [0.2, 0.25) is 0 Å². The second kappa shape index (κ2) is 8.87. The van der Waals surface area contributed by atoms with Crippen molar-refractivity contribution in [1.82, 2.24) is 4.98 Å². The minimum absolute atomic E-state index is 0.188. The van der Waals surface area contributed by atoms with Crippen molar-refractivity contribution in [2.24, 2.45) is 10.7 Å². The Bertz CT molecular complexity index is 1280. The number of urea groups is 1. The molecule has 2 amide bonds. The van der Waals surface area contributed by atoms with Crippen molar-refractivity contribution in [3.8, 4) is 17.6 Å². The van der Waals surface area contributed by atoms with E-state index in [4.69, 9.17) is 15.2 Å². The fraction of sp³-hybridized carbons (Fsp3) is 0.333. The van der Waals surface area contributed by atoms with E-state index in [1.165, 1.54) is 25.3 Å². The van der Waals surface area contributed by atoms with E-state index in [1.54, 1.807) is 26.3 Å². The van der Waals surface area contributed by atoms with Gasteiger partial charge in [-0.1, -0.05) is 0 Å². The van der Waals surface area contributed by atoms with Crippen molar-refractivity contribution in [2.45, 2.75) is 31.8 Å². The highest BCUT2D eigenvalue weighted by molar-refractivity contribution is 6.12. The molecule has 9 nitrogen and oxygen atoms in total. The summed E-state index contributed by atoms with van der Waals surface area (Å²) in [4.78, 5) is 24.5. The zero-order valence-electron chi connectivity index (χ0n) is 19.7. The number of aliphatic imine (C=N–C) groups is 1. The Kier molecular flexibility index (Phi) is 6.06. The number of carbonyl (C=O) groups excluding carboxylic acids is 1. The summed E-state index contributed by atoms with van der Waals surface area (Å²) in [6.45, 7) is 1.51. The molecule has 1 aromatic heterocycles. The molecular formula is C24H24F2N6O3. The molecule has 0 unspecified atom stereocenters. The molecule has 1 saturated carbocycles. The molecule has 1 fully saturated rings. The highest BCUT2D eigenvalue weighted by Gasteiger charge is 2.55. The molecule has 2 aromatic rings. The predicted molar refractivity (Wildman–Crippen MR) is 127 cm³/mol. The summed E-state index contributed by atoms with van der Waals surface area (Å²) < 4.78 is 40.7. The van der Waals surface area contributed by atoms with E-state index >= 15 is 8.78 Å². The summed E-state index contributed by atoms with van der Waals surface area (Å²) in [7, 11) is 4.04. The van der Waals surface area contributed by atoms with Crippen molar-refractivity contribution in [3.63, 3.8) is 0 Å². The number of halogens is 2. The first-order valence-corrected chi connectivity index (χ1v) is 10.7. The number of amides is 2. The van der Waals surface area contributed by atoms with Gasteiger partial charge in [0, 0.05) is 42.4 Å². The van der Waals surface area contributed by atoms with Gasteiger partial charge < -0.3 is 15.2 Å². The number of carbonyl (C=O) groups is 1. The minimum atomic E-state index is -1.14. The number of fused-ring (bicyclic) bond motifs is 1. The predicted octanol–water partition coefficient (Wildman–Crippen LogP) is 3.77. The Morgan fingerprint density at radius 3 is 2.37 bits per heavy atom. The molecule has 2 N–H and O–H groups in total. The first-order valence-electron chi connectivity index (χ1n) is 10.7. The minimum Gasteiger partial charge on any atom is -0.493 e. The molecule has 0 atom stereocenters. The number of benzene rings is 1. The number of ether oxygens (including phenoxy) is 2. The smallest absolute Gasteiger partial charge is 0.330 e. The summed E-state index contributed by atoms with van der Waals surface area (Å²) in [6.07, 6.45) is 3.89. The Morgan fingerprint density at radius 1 is 1.26 bits per heavy atom. The topological polar surface area (TPSA) is 117 Å². The number of rotatable bonds is 6. The molecular weight excluding hydrogens is 458 g/mol. The van der Waals surface area contributed by atoms with Crippen LogP contribution in [-0.2, 0) is 6.54 Å². The van der Waals surface area contributed by atoms with Crippen molar-refractivity contribution in [3.05, 3.63) is 46.9 Å². The zero-order chi connectivity index (χ0) is 25.5. The van der Waals surface area contributed by atoms with Gasteiger partial charge in [0.1, 0.15) is 11.2 Å².